The van der Waals surface area contributed by atoms with Gasteiger partial charge in [0.1, 0.15) is 0 Å². The van der Waals surface area contributed by atoms with Gasteiger partial charge >= 0.3 is 5.97 Å². The minimum Gasteiger partial charge on any atom is -0.481 e. The number of aliphatic carboxylic acids is 1. The molecule has 1 fully saturated rings. The van der Waals surface area contributed by atoms with Crippen LogP contribution >= 0.6 is 11.3 Å². The predicted octanol–water partition coefficient (Wildman–Crippen LogP) is 2.74. The summed E-state index contributed by atoms with van der Waals surface area (Å²) in [6, 6.07) is 2.69. The molecular formula is C13H19NO2S. The predicted molar refractivity (Wildman–Crippen MR) is 69.3 cm³/mol. The lowest BCUT2D eigenvalue weighted by molar-refractivity contribution is -0.144. The Morgan fingerprint density at radius 2 is 2.35 bits per heavy atom. The summed E-state index contributed by atoms with van der Waals surface area (Å²) in [7, 11) is 0. The third kappa shape index (κ3) is 3.07. The van der Waals surface area contributed by atoms with E-state index >= 15 is 0 Å². The first kappa shape index (κ1) is 12.6. The normalized spacial score (nSPS) is 26.0. The van der Waals surface area contributed by atoms with Crippen molar-refractivity contribution in [2.24, 2.45) is 5.92 Å². The highest BCUT2D eigenvalue weighted by molar-refractivity contribution is 7.10. The first-order chi connectivity index (χ1) is 8.06. The Morgan fingerprint density at radius 1 is 1.59 bits per heavy atom. The molecule has 17 heavy (non-hydrogen) atoms. The fraction of sp³-hybridized carbons (Fsp3) is 0.615. The minimum atomic E-state index is -0.650. The Balaban J connectivity index is 2.00. The van der Waals surface area contributed by atoms with Crippen LogP contribution in [-0.4, -0.2) is 28.6 Å². The largest absolute Gasteiger partial charge is 0.481 e. The van der Waals surface area contributed by atoms with Crippen molar-refractivity contribution < 1.29 is 9.90 Å². The molecule has 0 saturated carbocycles. The smallest absolute Gasteiger partial charge is 0.307 e. The molecule has 1 aromatic heterocycles. The van der Waals surface area contributed by atoms with Crippen LogP contribution in [0, 0.1) is 12.8 Å². The lowest BCUT2D eigenvalue weighted by atomic mass is 9.93. The molecule has 2 heterocycles. The highest BCUT2D eigenvalue weighted by Crippen LogP contribution is 2.25. The Kier molecular flexibility index (Phi) is 3.84. The molecule has 0 spiro atoms. The summed E-state index contributed by atoms with van der Waals surface area (Å²) in [5, 5.41) is 11.3. The molecular weight excluding hydrogens is 234 g/mol. The van der Waals surface area contributed by atoms with E-state index in [1.807, 2.05) is 0 Å². The van der Waals surface area contributed by atoms with Gasteiger partial charge in [-0.05, 0) is 43.7 Å². The van der Waals surface area contributed by atoms with Crippen molar-refractivity contribution in [1.29, 1.82) is 0 Å². The molecule has 0 aromatic carbocycles. The zero-order chi connectivity index (χ0) is 12.4. The average molecular weight is 253 g/mol. The highest BCUT2D eigenvalue weighted by Gasteiger charge is 2.29. The second-order valence-electron chi connectivity index (χ2n) is 4.96. The van der Waals surface area contributed by atoms with E-state index in [0.717, 1.165) is 19.4 Å². The van der Waals surface area contributed by atoms with Crippen LogP contribution in [0.3, 0.4) is 0 Å². The summed E-state index contributed by atoms with van der Waals surface area (Å²) in [6.07, 6.45) is 1.80. The van der Waals surface area contributed by atoms with Gasteiger partial charge in [-0.3, -0.25) is 9.69 Å². The molecule has 3 nitrogen and oxygen atoms in total. The van der Waals surface area contributed by atoms with E-state index in [1.165, 1.54) is 10.4 Å². The van der Waals surface area contributed by atoms with E-state index in [2.05, 4.69) is 30.2 Å². The molecule has 2 unspecified atom stereocenters. The monoisotopic (exact) mass is 253 g/mol. The molecule has 1 aliphatic rings. The lowest BCUT2D eigenvalue weighted by Crippen LogP contribution is -2.43. The van der Waals surface area contributed by atoms with E-state index < -0.39 is 5.97 Å². The van der Waals surface area contributed by atoms with Crippen molar-refractivity contribution in [2.45, 2.75) is 39.3 Å². The SMILES string of the molecule is Cc1cc(CN2CC(C(=O)O)CCC2C)cs1. The third-order valence-corrected chi connectivity index (χ3v) is 4.44. The summed E-state index contributed by atoms with van der Waals surface area (Å²) in [6.45, 7) is 5.87. The number of aryl methyl sites for hydroxylation is 1. The number of likely N-dealkylation sites (tertiary alicyclic amines) is 1. The quantitative estimate of drug-likeness (QED) is 0.900. The maximum atomic E-state index is 11.0. The molecule has 94 valence electrons. The van der Waals surface area contributed by atoms with Gasteiger partial charge in [0.2, 0.25) is 0 Å². The van der Waals surface area contributed by atoms with Crippen molar-refractivity contribution in [3.8, 4) is 0 Å². The molecule has 0 radical (unpaired) electrons. The summed E-state index contributed by atoms with van der Waals surface area (Å²) in [5.74, 6) is -0.839. The van der Waals surface area contributed by atoms with Gasteiger partial charge in [-0.15, -0.1) is 11.3 Å². The molecule has 1 saturated heterocycles. The van der Waals surface area contributed by atoms with E-state index in [1.54, 1.807) is 11.3 Å². The maximum absolute atomic E-state index is 11.0. The van der Waals surface area contributed by atoms with E-state index in [4.69, 9.17) is 5.11 Å². The van der Waals surface area contributed by atoms with Gasteiger partial charge in [-0.1, -0.05) is 0 Å². The highest BCUT2D eigenvalue weighted by atomic mass is 32.1. The van der Waals surface area contributed by atoms with E-state index in [-0.39, 0.29) is 5.92 Å². The van der Waals surface area contributed by atoms with Crippen molar-refractivity contribution in [1.82, 2.24) is 4.90 Å². The Hall–Kier alpha value is -0.870. The third-order valence-electron chi connectivity index (χ3n) is 3.53. The van der Waals surface area contributed by atoms with Crippen LogP contribution in [0.5, 0.6) is 0 Å². The van der Waals surface area contributed by atoms with Crippen molar-refractivity contribution in [3.63, 3.8) is 0 Å². The van der Waals surface area contributed by atoms with Crippen LogP contribution in [0.1, 0.15) is 30.2 Å². The van der Waals surface area contributed by atoms with Crippen LogP contribution in [-0.2, 0) is 11.3 Å². The molecule has 0 amide bonds. The number of carbonyl (C=O) groups is 1. The zero-order valence-corrected chi connectivity index (χ0v) is 11.2. The lowest BCUT2D eigenvalue weighted by Gasteiger charge is -2.36. The molecule has 0 aliphatic carbocycles. The van der Waals surface area contributed by atoms with Gasteiger partial charge in [0.05, 0.1) is 5.92 Å². The second kappa shape index (κ2) is 5.19. The number of nitrogens with zero attached hydrogens (tertiary/aromatic N) is 1. The summed E-state index contributed by atoms with van der Waals surface area (Å²) in [5.41, 5.74) is 1.31. The molecule has 2 atom stereocenters. The van der Waals surface area contributed by atoms with Crippen LogP contribution in [0.25, 0.3) is 0 Å². The number of hydrogen-bond acceptors (Lipinski definition) is 3. The number of carboxylic acid groups (broad SMARTS) is 1. The van der Waals surface area contributed by atoms with Gasteiger partial charge < -0.3 is 5.11 Å². The van der Waals surface area contributed by atoms with E-state index in [9.17, 15) is 4.79 Å². The van der Waals surface area contributed by atoms with Crippen LogP contribution < -0.4 is 0 Å². The number of rotatable bonds is 3. The zero-order valence-electron chi connectivity index (χ0n) is 10.3. The number of hydrogen-bond donors (Lipinski definition) is 1. The Labute approximate surface area is 106 Å². The first-order valence-corrected chi connectivity index (χ1v) is 6.95. The summed E-state index contributed by atoms with van der Waals surface area (Å²) >= 11 is 1.76. The van der Waals surface area contributed by atoms with E-state index in [0.29, 0.717) is 12.6 Å². The van der Waals surface area contributed by atoms with Crippen LogP contribution in [0.2, 0.25) is 0 Å². The molecule has 4 heteroatoms. The van der Waals surface area contributed by atoms with Gasteiger partial charge in [-0.25, -0.2) is 0 Å². The minimum absolute atomic E-state index is 0.189. The fourth-order valence-corrected chi connectivity index (χ4v) is 3.12. The Bertz CT molecular complexity index is 402. The number of piperidine rings is 1. The summed E-state index contributed by atoms with van der Waals surface area (Å²) < 4.78 is 0. The average Bonchev–Trinajstić information content (AvgIpc) is 2.67. The Morgan fingerprint density at radius 3 is 2.94 bits per heavy atom. The number of carboxylic acids is 1. The molecule has 1 N–H and O–H groups in total. The second-order valence-corrected chi connectivity index (χ2v) is 6.07. The maximum Gasteiger partial charge on any atom is 0.307 e. The van der Waals surface area contributed by atoms with Gasteiger partial charge in [0.25, 0.3) is 0 Å². The number of thiophene rings is 1. The molecule has 2 rings (SSSR count). The summed E-state index contributed by atoms with van der Waals surface area (Å²) in [4.78, 5) is 14.7. The van der Waals surface area contributed by atoms with Gasteiger partial charge in [0, 0.05) is 24.0 Å². The van der Waals surface area contributed by atoms with Crippen molar-refractivity contribution in [2.75, 3.05) is 6.54 Å². The van der Waals surface area contributed by atoms with Gasteiger partial charge in [-0.2, -0.15) is 0 Å². The van der Waals surface area contributed by atoms with Gasteiger partial charge in [0.15, 0.2) is 0 Å². The standard InChI is InChI=1S/C13H19NO2S/c1-9-3-4-12(13(15)16)7-14(9)6-11-5-10(2)17-8-11/h5,8-9,12H,3-4,6-7H2,1-2H3,(H,15,16). The van der Waals surface area contributed by atoms with Crippen LogP contribution in [0.4, 0.5) is 0 Å². The van der Waals surface area contributed by atoms with Crippen molar-refractivity contribution in [3.05, 3.63) is 21.9 Å². The fourth-order valence-electron chi connectivity index (χ4n) is 2.42. The first-order valence-electron chi connectivity index (χ1n) is 6.07. The molecule has 1 aliphatic heterocycles. The van der Waals surface area contributed by atoms with Crippen LogP contribution in [0.15, 0.2) is 11.4 Å². The molecule has 1 aromatic rings. The topological polar surface area (TPSA) is 40.5 Å². The molecule has 0 bridgehead atoms. The van der Waals surface area contributed by atoms with Crippen molar-refractivity contribution >= 4 is 17.3 Å².